The maximum atomic E-state index is 2.37. The lowest BCUT2D eigenvalue weighted by molar-refractivity contribution is -0.697. The number of allylic oxidation sites excluding steroid dienone is 4. The Balaban J connectivity index is 1.28. The van der Waals surface area contributed by atoms with Gasteiger partial charge in [0.2, 0.25) is 0 Å². The summed E-state index contributed by atoms with van der Waals surface area (Å²) >= 11 is 0. The van der Waals surface area contributed by atoms with E-state index in [0.717, 1.165) is 13.0 Å². The molecule has 0 radical (unpaired) electrons. The highest BCUT2D eigenvalue weighted by molar-refractivity contribution is 6.04. The van der Waals surface area contributed by atoms with Gasteiger partial charge in [0, 0.05) is 18.6 Å². The second kappa shape index (κ2) is 20.1. The van der Waals surface area contributed by atoms with Gasteiger partial charge in [0.15, 0.2) is 12.4 Å². The topological polar surface area (TPSA) is 3.88 Å². The SMILES string of the molecule is CCCCC/C=C\C/C=C\CCCCCCCC[n+]1ccc(C(=C(c2ccccc2)c2ccccc2)c2ccccc2)cc1. The Kier molecular flexibility index (Phi) is 15.0. The van der Waals surface area contributed by atoms with Crippen LogP contribution in [0.2, 0.25) is 0 Å². The molecule has 1 aromatic heterocycles. The Morgan fingerprint density at radius 3 is 1.34 bits per heavy atom. The van der Waals surface area contributed by atoms with Crippen molar-refractivity contribution in [3.8, 4) is 0 Å². The van der Waals surface area contributed by atoms with Gasteiger partial charge in [-0.25, -0.2) is 4.57 Å². The van der Waals surface area contributed by atoms with Crippen molar-refractivity contribution in [2.75, 3.05) is 0 Å². The highest BCUT2D eigenvalue weighted by Crippen LogP contribution is 2.36. The Morgan fingerprint density at radius 2 is 0.864 bits per heavy atom. The van der Waals surface area contributed by atoms with Gasteiger partial charge in [-0.2, -0.15) is 0 Å². The molecule has 0 spiro atoms. The lowest BCUT2D eigenvalue weighted by Crippen LogP contribution is -2.32. The van der Waals surface area contributed by atoms with Crippen molar-refractivity contribution in [1.82, 2.24) is 0 Å². The average Bonchev–Trinajstić information content (AvgIpc) is 3.08. The molecule has 0 fully saturated rings. The first kappa shape index (κ1) is 32.9. The minimum Gasteiger partial charge on any atom is -0.205 e. The van der Waals surface area contributed by atoms with Crippen LogP contribution in [0.15, 0.2) is 140 Å². The number of hydrogen-bond donors (Lipinski definition) is 0. The smallest absolute Gasteiger partial charge is 0.169 e. The summed E-state index contributed by atoms with van der Waals surface area (Å²) in [5, 5.41) is 0. The maximum Gasteiger partial charge on any atom is 0.169 e. The fourth-order valence-electron chi connectivity index (χ4n) is 5.78. The van der Waals surface area contributed by atoms with Crippen LogP contribution in [0.3, 0.4) is 0 Å². The van der Waals surface area contributed by atoms with E-state index in [1.165, 1.54) is 104 Å². The monoisotopic (exact) mass is 582 g/mol. The number of nitrogens with zero attached hydrogens (tertiary/aromatic N) is 1. The Morgan fingerprint density at radius 1 is 0.455 bits per heavy atom. The van der Waals surface area contributed by atoms with Crippen molar-refractivity contribution in [3.63, 3.8) is 0 Å². The highest BCUT2D eigenvalue weighted by Gasteiger charge is 2.17. The zero-order chi connectivity index (χ0) is 30.5. The minimum absolute atomic E-state index is 1.07. The first-order chi connectivity index (χ1) is 21.9. The molecule has 44 heavy (non-hydrogen) atoms. The van der Waals surface area contributed by atoms with Crippen molar-refractivity contribution in [2.24, 2.45) is 0 Å². The number of unbranched alkanes of at least 4 members (excludes halogenated alkanes) is 9. The summed E-state index contributed by atoms with van der Waals surface area (Å²) in [6.45, 7) is 3.34. The van der Waals surface area contributed by atoms with E-state index in [-0.39, 0.29) is 0 Å². The minimum atomic E-state index is 1.07. The van der Waals surface area contributed by atoms with E-state index in [9.17, 15) is 0 Å². The lowest BCUT2D eigenvalue weighted by Gasteiger charge is -2.17. The molecular formula is C43H52N+. The molecule has 0 saturated heterocycles. The standard InChI is InChI=1S/C43H52N/c1-2-3-4-5-6-7-8-9-10-11-12-13-14-15-16-26-35-44-36-33-41(34-37-44)43(40-31-24-19-25-32-40)42(38-27-20-17-21-28-38)39-29-22-18-23-30-39/h6-7,9-10,17-25,27-34,36-37H,2-5,8,11-16,26,35H2,1H3/q+1/b7-6-,10-9-. The Bertz CT molecular complexity index is 1360. The first-order valence-corrected chi connectivity index (χ1v) is 17.1. The zero-order valence-electron chi connectivity index (χ0n) is 26.9. The summed E-state index contributed by atoms with van der Waals surface area (Å²) < 4.78 is 2.35. The van der Waals surface area contributed by atoms with Gasteiger partial charge < -0.3 is 0 Å². The molecule has 1 heteroatoms. The van der Waals surface area contributed by atoms with Gasteiger partial charge in [-0.15, -0.1) is 0 Å². The molecule has 4 aromatic rings. The molecule has 0 unspecified atom stereocenters. The Hall–Kier alpha value is -3.97. The van der Waals surface area contributed by atoms with Gasteiger partial charge in [-0.05, 0) is 71.9 Å². The number of pyridine rings is 1. The summed E-state index contributed by atoms with van der Waals surface area (Å²) in [6, 6.07) is 37.0. The number of rotatable bonds is 19. The predicted molar refractivity (Wildman–Crippen MR) is 190 cm³/mol. The molecule has 228 valence electrons. The van der Waals surface area contributed by atoms with Crippen LogP contribution in [0.5, 0.6) is 0 Å². The van der Waals surface area contributed by atoms with E-state index in [1.54, 1.807) is 0 Å². The quantitative estimate of drug-likeness (QED) is 0.0448. The second-order valence-corrected chi connectivity index (χ2v) is 11.8. The summed E-state index contributed by atoms with van der Waals surface area (Å²) in [7, 11) is 0. The number of hydrogen-bond acceptors (Lipinski definition) is 0. The summed E-state index contributed by atoms with van der Waals surface area (Å²) in [5.74, 6) is 0. The van der Waals surface area contributed by atoms with Gasteiger partial charge in [0.1, 0.15) is 6.54 Å². The molecule has 0 amide bonds. The molecule has 3 aromatic carbocycles. The van der Waals surface area contributed by atoms with Gasteiger partial charge in [-0.3, -0.25) is 0 Å². The highest BCUT2D eigenvalue weighted by atomic mass is 14.9. The number of aryl methyl sites for hydroxylation is 1. The second-order valence-electron chi connectivity index (χ2n) is 11.8. The van der Waals surface area contributed by atoms with E-state index in [2.05, 4.69) is 151 Å². The molecular weight excluding hydrogens is 530 g/mol. The van der Waals surface area contributed by atoms with E-state index in [0.29, 0.717) is 0 Å². The third-order valence-corrected chi connectivity index (χ3v) is 8.23. The largest absolute Gasteiger partial charge is 0.205 e. The van der Waals surface area contributed by atoms with Crippen molar-refractivity contribution in [3.05, 3.63) is 162 Å². The number of aromatic nitrogens is 1. The van der Waals surface area contributed by atoms with Crippen molar-refractivity contribution >= 4 is 11.1 Å². The predicted octanol–water partition coefficient (Wildman–Crippen LogP) is 11.8. The van der Waals surface area contributed by atoms with Crippen molar-refractivity contribution in [1.29, 1.82) is 0 Å². The van der Waals surface area contributed by atoms with E-state index < -0.39 is 0 Å². The van der Waals surface area contributed by atoms with Gasteiger partial charge in [-0.1, -0.05) is 154 Å². The maximum absolute atomic E-state index is 2.37. The fraction of sp³-hybridized carbons (Fsp3) is 0.326. The van der Waals surface area contributed by atoms with E-state index in [4.69, 9.17) is 0 Å². The molecule has 1 heterocycles. The summed E-state index contributed by atoms with van der Waals surface area (Å²) in [6.07, 6.45) is 29.3. The van der Waals surface area contributed by atoms with Gasteiger partial charge in [0.25, 0.3) is 0 Å². The first-order valence-electron chi connectivity index (χ1n) is 17.1. The van der Waals surface area contributed by atoms with Crippen LogP contribution < -0.4 is 4.57 Å². The van der Waals surface area contributed by atoms with E-state index in [1.807, 2.05) is 0 Å². The molecule has 4 rings (SSSR count). The fourth-order valence-corrected chi connectivity index (χ4v) is 5.78. The van der Waals surface area contributed by atoms with Gasteiger partial charge in [0.05, 0.1) is 0 Å². The van der Waals surface area contributed by atoms with Crippen LogP contribution >= 0.6 is 0 Å². The molecule has 0 aliphatic carbocycles. The third kappa shape index (κ3) is 11.3. The van der Waals surface area contributed by atoms with Crippen molar-refractivity contribution in [2.45, 2.75) is 90.5 Å². The van der Waals surface area contributed by atoms with Crippen molar-refractivity contribution < 1.29 is 4.57 Å². The van der Waals surface area contributed by atoms with Gasteiger partial charge >= 0.3 is 0 Å². The molecule has 0 atom stereocenters. The Labute approximate surface area is 267 Å². The van der Waals surface area contributed by atoms with Crippen LogP contribution in [0.4, 0.5) is 0 Å². The number of benzene rings is 3. The molecule has 0 aliphatic rings. The van der Waals surface area contributed by atoms with Crippen LogP contribution in [0.25, 0.3) is 11.1 Å². The van der Waals surface area contributed by atoms with Crippen LogP contribution in [-0.2, 0) is 6.54 Å². The molecule has 0 saturated carbocycles. The normalized spacial score (nSPS) is 11.4. The zero-order valence-corrected chi connectivity index (χ0v) is 26.9. The van der Waals surface area contributed by atoms with E-state index >= 15 is 0 Å². The molecule has 0 N–H and O–H groups in total. The molecule has 0 bridgehead atoms. The van der Waals surface area contributed by atoms with Crippen LogP contribution in [0, 0.1) is 0 Å². The molecule has 0 aliphatic heterocycles. The molecule has 1 nitrogen and oxygen atoms in total. The van der Waals surface area contributed by atoms with Crippen LogP contribution in [0.1, 0.15) is 106 Å². The van der Waals surface area contributed by atoms with Crippen LogP contribution in [-0.4, -0.2) is 0 Å². The average molecular weight is 583 g/mol. The third-order valence-electron chi connectivity index (χ3n) is 8.23. The lowest BCUT2D eigenvalue weighted by atomic mass is 9.86. The summed E-state index contributed by atoms with van der Waals surface area (Å²) in [5.41, 5.74) is 7.47. The summed E-state index contributed by atoms with van der Waals surface area (Å²) in [4.78, 5) is 0.